The summed E-state index contributed by atoms with van der Waals surface area (Å²) in [5.41, 5.74) is 0.626. The molecule has 0 aromatic heterocycles. The van der Waals surface area contributed by atoms with Gasteiger partial charge in [-0.3, -0.25) is 4.79 Å². The van der Waals surface area contributed by atoms with Crippen molar-refractivity contribution in [1.29, 1.82) is 0 Å². The van der Waals surface area contributed by atoms with Crippen LogP contribution >= 0.6 is 46.6 Å². The van der Waals surface area contributed by atoms with E-state index < -0.39 is 0 Å². The Bertz CT molecular complexity index is 616. The van der Waals surface area contributed by atoms with Crippen LogP contribution in [0.1, 0.15) is 0 Å². The summed E-state index contributed by atoms with van der Waals surface area (Å²) in [5.74, 6) is 0.199. The molecule has 0 spiro atoms. The SMILES string of the molecule is O=C(CSc1ccc(Cl)cc1)Nc1ccc(Cl)c(Cl)c1. The summed E-state index contributed by atoms with van der Waals surface area (Å²) in [7, 11) is 0. The summed E-state index contributed by atoms with van der Waals surface area (Å²) in [4.78, 5) is 12.8. The Morgan fingerprint density at radius 2 is 1.70 bits per heavy atom. The van der Waals surface area contributed by atoms with Crippen LogP contribution in [0.25, 0.3) is 0 Å². The minimum atomic E-state index is -0.108. The number of hydrogen-bond donors (Lipinski definition) is 1. The lowest BCUT2D eigenvalue weighted by molar-refractivity contribution is -0.113. The van der Waals surface area contributed by atoms with Gasteiger partial charge in [-0.2, -0.15) is 0 Å². The third-order valence-electron chi connectivity index (χ3n) is 2.39. The van der Waals surface area contributed by atoms with Gasteiger partial charge in [-0.1, -0.05) is 34.8 Å². The molecule has 0 unspecified atom stereocenters. The van der Waals surface area contributed by atoms with E-state index >= 15 is 0 Å². The molecule has 2 nitrogen and oxygen atoms in total. The van der Waals surface area contributed by atoms with Crippen molar-refractivity contribution in [2.24, 2.45) is 0 Å². The molecule has 0 radical (unpaired) electrons. The highest BCUT2D eigenvalue weighted by Crippen LogP contribution is 2.25. The molecule has 1 amide bonds. The van der Waals surface area contributed by atoms with Crippen molar-refractivity contribution in [2.45, 2.75) is 4.90 Å². The smallest absolute Gasteiger partial charge is 0.234 e. The first-order valence-electron chi connectivity index (χ1n) is 5.68. The molecule has 2 rings (SSSR count). The molecule has 0 saturated heterocycles. The zero-order valence-corrected chi connectivity index (χ0v) is 13.3. The van der Waals surface area contributed by atoms with Crippen LogP contribution in [0, 0.1) is 0 Å². The highest BCUT2D eigenvalue weighted by molar-refractivity contribution is 8.00. The maximum Gasteiger partial charge on any atom is 0.234 e. The topological polar surface area (TPSA) is 29.1 Å². The molecule has 0 atom stereocenters. The Balaban J connectivity index is 1.89. The third-order valence-corrected chi connectivity index (χ3v) is 4.39. The first-order valence-corrected chi connectivity index (χ1v) is 7.80. The fourth-order valence-electron chi connectivity index (χ4n) is 1.45. The number of amides is 1. The third kappa shape index (κ3) is 4.60. The van der Waals surface area contributed by atoms with Crippen LogP contribution in [0.2, 0.25) is 15.1 Å². The van der Waals surface area contributed by atoms with Crippen molar-refractivity contribution in [2.75, 3.05) is 11.1 Å². The standard InChI is InChI=1S/C14H10Cl3NOS/c15-9-1-4-11(5-2-9)20-8-14(19)18-10-3-6-12(16)13(17)7-10/h1-7H,8H2,(H,18,19). The Morgan fingerprint density at radius 3 is 2.35 bits per heavy atom. The van der Waals surface area contributed by atoms with Crippen LogP contribution in [-0.4, -0.2) is 11.7 Å². The second kappa shape index (κ2) is 7.23. The van der Waals surface area contributed by atoms with Gasteiger partial charge in [0.2, 0.25) is 5.91 Å². The summed E-state index contributed by atoms with van der Waals surface area (Å²) in [6.45, 7) is 0. The number of hydrogen-bond acceptors (Lipinski definition) is 2. The van der Waals surface area contributed by atoms with Crippen molar-refractivity contribution < 1.29 is 4.79 Å². The van der Waals surface area contributed by atoms with E-state index in [-0.39, 0.29) is 5.91 Å². The van der Waals surface area contributed by atoms with Gasteiger partial charge in [0, 0.05) is 15.6 Å². The Labute approximate surface area is 136 Å². The Hall–Kier alpha value is -0.870. The van der Waals surface area contributed by atoms with Crippen LogP contribution in [-0.2, 0) is 4.79 Å². The quantitative estimate of drug-likeness (QED) is 0.753. The predicted octanol–water partition coefficient (Wildman–Crippen LogP) is 5.38. The Morgan fingerprint density at radius 1 is 1.00 bits per heavy atom. The van der Waals surface area contributed by atoms with E-state index in [0.29, 0.717) is 26.5 Å². The minimum absolute atomic E-state index is 0.108. The molecule has 2 aromatic carbocycles. The summed E-state index contributed by atoms with van der Waals surface area (Å²) in [6.07, 6.45) is 0. The molecular weight excluding hydrogens is 337 g/mol. The predicted molar refractivity (Wildman–Crippen MR) is 87.3 cm³/mol. The van der Waals surface area contributed by atoms with Gasteiger partial charge in [-0.25, -0.2) is 0 Å². The molecule has 0 saturated carbocycles. The molecule has 20 heavy (non-hydrogen) atoms. The molecule has 0 aliphatic carbocycles. The zero-order valence-electron chi connectivity index (χ0n) is 10.2. The van der Waals surface area contributed by atoms with Crippen LogP contribution in [0.15, 0.2) is 47.4 Å². The first-order chi connectivity index (χ1) is 9.54. The van der Waals surface area contributed by atoms with Crippen LogP contribution in [0.3, 0.4) is 0 Å². The number of thioether (sulfide) groups is 1. The van der Waals surface area contributed by atoms with E-state index in [1.54, 1.807) is 30.3 Å². The fraction of sp³-hybridized carbons (Fsp3) is 0.0714. The van der Waals surface area contributed by atoms with Crippen molar-refractivity contribution in [1.82, 2.24) is 0 Å². The summed E-state index contributed by atoms with van der Waals surface area (Å²) < 4.78 is 0. The monoisotopic (exact) mass is 345 g/mol. The number of rotatable bonds is 4. The lowest BCUT2D eigenvalue weighted by Gasteiger charge is -2.06. The average molecular weight is 347 g/mol. The first kappa shape index (κ1) is 15.5. The van der Waals surface area contributed by atoms with Gasteiger partial charge >= 0.3 is 0 Å². The van der Waals surface area contributed by atoms with Gasteiger partial charge in [-0.05, 0) is 42.5 Å². The van der Waals surface area contributed by atoms with Gasteiger partial charge in [0.25, 0.3) is 0 Å². The largest absolute Gasteiger partial charge is 0.325 e. The van der Waals surface area contributed by atoms with Gasteiger partial charge in [0.1, 0.15) is 0 Å². The molecule has 0 bridgehead atoms. The van der Waals surface area contributed by atoms with E-state index in [9.17, 15) is 4.79 Å². The molecule has 0 aliphatic rings. The maximum atomic E-state index is 11.8. The lowest BCUT2D eigenvalue weighted by Crippen LogP contribution is -2.13. The van der Waals surface area contributed by atoms with Crippen molar-refractivity contribution >= 4 is 58.2 Å². The molecule has 0 fully saturated rings. The second-order valence-electron chi connectivity index (χ2n) is 3.92. The number of carbonyl (C=O) groups excluding carboxylic acids is 1. The molecule has 2 aromatic rings. The van der Waals surface area contributed by atoms with Crippen LogP contribution < -0.4 is 5.32 Å². The van der Waals surface area contributed by atoms with Crippen molar-refractivity contribution in [3.63, 3.8) is 0 Å². The van der Waals surface area contributed by atoms with E-state index in [0.717, 1.165) is 4.90 Å². The number of halogens is 3. The van der Waals surface area contributed by atoms with E-state index in [1.165, 1.54) is 11.8 Å². The van der Waals surface area contributed by atoms with Gasteiger partial charge in [0.15, 0.2) is 0 Å². The summed E-state index contributed by atoms with van der Waals surface area (Å²) >= 11 is 18.9. The van der Waals surface area contributed by atoms with E-state index in [2.05, 4.69) is 5.32 Å². The fourth-order valence-corrected chi connectivity index (χ4v) is 2.57. The minimum Gasteiger partial charge on any atom is -0.325 e. The number of anilines is 1. The normalized spacial score (nSPS) is 10.3. The van der Waals surface area contributed by atoms with Crippen molar-refractivity contribution in [3.8, 4) is 0 Å². The lowest BCUT2D eigenvalue weighted by atomic mass is 10.3. The van der Waals surface area contributed by atoms with Crippen molar-refractivity contribution in [3.05, 3.63) is 57.5 Å². The molecule has 104 valence electrons. The van der Waals surface area contributed by atoms with E-state index in [1.807, 2.05) is 12.1 Å². The molecule has 0 heterocycles. The maximum absolute atomic E-state index is 11.8. The summed E-state index contributed by atoms with van der Waals surface area (Å²) in [6, 6.07) is 12.3. The van der Waals surface area contributed by atoms with Crippen LogP contribution in [0.5, 0.6) is 0 Å². The van der Waals surface area contributed by atoms with Crippen LogP contribution in [0.4, 0.5) is 5.69 Å². The molecule has 1 N–H and O–H groups in total. The molecule has 0 aliphatic heterocycles. The zero-order chi connectivity index (χ0) is 14.5. The van der Waals surface area contributed by atoms with Gasteiger partial charge < -0.3 is 5.32 Å². The number of carbonyl (C=O) groups is 1. The van der Waals surface area contributed by atoms with Gasteiger partial charge in [-0.15, -0.1) is 11.8 Å². The average Bonchev–Trinajstić information content (AvgIpc) is 2.42. The number of nitrogens with one attached hydrogen (secondary N) is 1. The summed E-state index contributed by atoms with van der Waals surface area (Å²) in [5, 5.41) is 4.31. The van der Waals surface area contributed by atoms with Gasteiger partial charge in [0.05, 0.1) is 15.8 Å². The Kier molecular flexibility index (Phi) is 5.61. The highest BCUT2D eigenvalue weighted by Gasteiger charge is 2.05. The molecule has 6 heteroatoms. The second-order valence-corrected chi connectivity index (χ2v) is 6.22. The number of benzene rings is 2. The molecular formula is C14H10Cl3NOS. The highest BCUT2D eigenvalue weighted by atomic mass is 35.5. The van der Waals surface area contributed by atoms with E-state index in [4.69, 9.17) is 34.8 Å².